The highest BCUT2D eigenvalue weighted by Crippen LogP contribution is 2.13. The molecule has 1 unspecified atom stereocenters. The molecule has 1 aromatic heterocycles. The fraction of sp³-hybridized carbons (Fsp3) is 0.375. The molecule has 0 saturated heterocycles. The Bertz CT molecular complexity index is 770. The lowest BCUT2D eigenvalue weighted by molar-refractivity contribution is -0.140. The summed E-state index contributed by atoms with van der Waals surface area (Å²) < 4.78 is 22.2. The summed E-state index contributed by atoms with van der Waals surface area (Å²) in [4.78, 5) is 29.4. The van der Waals surface area contributed by atoms with Gasteiger partial charge in [0.15, 0.2) is 5.82 Å². The van der Waals surface area contributed by atoms with Gasteiger partial charge in [-0.1, -0.05) is 12.1 Å². The van der Waals surface area contributed by atoms with Gasteiger partial charge in [-0.05, 0) is 24.6 Å². The van der Waals surface area contributed by atoms with Gasteiger partial charge in [0.25, 0.3) is 5.91 Å². The number of likely N-dealkylation sites (N-methyl/N-ethyl adjacent to an activating group) is 1. The van der Waals surface area contributed by atoms with E-state index in [1.165, 1.54) is 24.1 Å². The van der Waals surface area contributed by atoms with Crippen LogP contribution in [0.1, 0.15) is 18.3 Å². The number of benzene rings is 1. The normalized spacial score (nSPS) is 11.7. The highest BCUT2D eigenvalue weighted by molar-refractivity contribution is 7.09. The molecule has 0 saturated carbocycles. The first kappa shape index (κ1) is 19.7. The lowest BCUT2D eigenvalue weighted by Gasteiger charge is -2.18. The number of ether oxygens (including phenoxy) is 1. The fourth-order valence-corrected chi connectivity index (χ4v) is 2.62. The number of amides is 3. The van der Waals surface area contributed by atoms with E-state index in [-0.39, 0.29) is 24.8 Å². The third-order valence-electron chi connectivity index (χ3n) is 3.49. The van der Waals surface area contributed by atoms with Gasteiger partial charge in [-0.2, -0.15) is 4.37 Å². The van der Waals surface area contributed by atoms with Gasteiger partial charge >= 0.3 is 6.03 Å². The molecule has 0 spiro atoms. The second-order valence-corrected chi connectivity index (χ2v) is 6.28. The van der Waals surface area contributed by atoms with Crippen molar-refractivity contribution in [1.82, 2.24) is 19.6 Å². The van der Waals surface area contributed by atoms with E-state index >= 15 is 0 Å². The zero-order valence-electron chi connectivity index (χ0n) is 14.7. The molecule has 8 nitrogen and oxygen atoms in total. The number of urea groups is 1. The highest BCUT2D eigenvalue weighted by Gasteiger charge is 2.18. The Kier molecular flexibility index (Phi) is 6.98. The van der Waals surface area contributed by atoms with E-state index < -0.39 is 12.1 Å². The standard InChI is InChI=1S/C16H20FN5O3S/c1-10(25-3)14(23)22(2)9-13-19-16(26-21-13)20-15(24)18-8-11-5-4-6-12(17)7-11/h4-7,10H,8-9H2,1-3H3,(H2,18,19,20,21,24). The van der Waals surface area contributed by atoms with Crippen molar-refractivity contribution < 1.29 is 18.7 Å². The van der Waals surface area contributed by atoms with Crippen LogP contribution in [0.5, 0.6) is 0 Å². The average molecular weight is 381 g/mol. The second kappa shape index (κ2) is 9.20. The molecule has 0 aliphatic rings. The second-order valence-electron chi connectivity index (χ2n) is 5.53. The number of nitrogens with zero attached hydrogens (tertiary/aromatic N) is 3. The van der Waals surface area contributed by atoms with E-state index in [1.54, 1.807) is 26.1 Å². The number of carbonyl (C=O) groups is 2. The van der Waals surface area contributed by atoms with E-state index in [0.717, 1.165) is 11.5 Å². The Labute approximate surface area is 154 Å². The molecule has 2 rings (SSSR count). The van der Waals surface area contributed by atoms with Crippen molar-refractivity contribution in [3.63, 3.8) is 0 Å². The lowest BCUT2D eigenvalue weighted by Crippen LogP contribution is -2.35. The van der Waals surface area contributed by atoms with Gasteiger partial charge in [0, 0.05) is 32.2 Å². The maximum Gasteiger partial charge on any atom is 0.321 e. The summed E-state index contributed by atoms with van der Waals surface area (Å²) in [7, 11) is 3.08. The summed E-state index contributed by atoms with van der Waals surface area (Å²) in [5.74, 6) is -0.140. The van der Waals surface area contributed by atoms with Gasteiger partial charge in [0.1, 0.15) is 11.9 Å². The fourth-order valence-electron chi connectivity index (χ4n) is 2.04. The van der Waals surface area contributed by atoms with E-state index in [2.05, 4.69) is 20.0 Å². The van der Waals surface area contributed by atoms with E-state index in [1.807, 2.05) is 0 Å². The molecule has 0 aliphatic heterocycles. The molecular weight excluding hydrogens is 361 g/mol. The number of halogens is 1. The van der Waals surface area contributed by atoms with Crippen LogP contribution in [0.4, 0.5) is 14.3 Å². The monoisotopic (exact) mass is 381 g/mol. The van der Waals surface area contributed by atoms with Gasteiger partial charge in [-0.25, -0.2) is 14.2 Å². The number of methoxy groups -OCH3 is 1. The van der Waals surface area contributed by atoms with Crippen molar-refractivity contribution in [3.8, 4) is 0 Å². The largest absolute Gasteiger partial charge is 0.372 e. The number of nitrogens with one attached hydrogen (secondary N) is 2. The van der Waals surface area contributed by atoms with Crippen LogP contribution < -0.4 is 10.6 Å². The molecule has 2 aromatic rings. The van der Waals surface area contributed by atoms with Crippen LogP contribution in [0.2, 0.25) is 0 Å². The Hall–Kier alpha value is -2.59. The van der Waals surface area contributed by atoms with Crippen LogP contribution in [0.25, 0.3) is 0 Å². The van der Waals surface area contributed by atoms with Crippen LogP contribution in [0.15, 0.2) is 24.3 Å². The Balaban J connectivity index is 1.83. The van der Waals surface area contributed by atoms with Gasteiger partial charge in [0.05, 0.1) is 6.54 Å². The van der Waals surface area contributed by atoms with E-state index in [4.69, 9.17) is 4.74 Å². The summed E-state index contributed by atoms with van der Waals surface area (Å²) in [6.45, 7) is 2.04. The molecular formula is C16H20FN5O3S. The summed E-state index contributed by atoms with van der Waals surface area (Å²) in [6.07, 6.45) is -0.551. The molecule has 2 N–H and O–H groups in total. The topological polar surface area (TPSA) is 96.5 Å². The minimum absolute atomic E-state index is 0.182. The third-order valence-corrected chi connectivity index (χ3v) is 4.16. The van der Waals surface area contributed by atoms with E-state index in [9.17, 15) is 14.0 Å². The summed E-state index contributed by atoms with van der Waals surface area (Å²) >= 11 is 1.01. The maximum absolute atomic E-state index is 13.1. The van der Waals surface area contributed by atoms with Gasteiger partial charge < -0.3 is 15.0 Å². The SMILES string of the molecule is COC(C)C(=O)N(C)Cc1nsc(NC(=O)NCc2cccc(F)c2)n1. The predicted octanol–water partition coefficient (Wildman–Crippen LogP) is 1.99. The Morgan fingerprint density at radius 3 is 2.88 bits per heavy atom. The minimum atomic E-state index is -0.551. The summed E-state index contributed by atoms with van der Waals surface area (Å²) in [5, 5.41) is 5.47. The smallest absolute Gasteiger partial charge is 0.321 e. The van der Waals surface area contributed by atoms with Crippen molar-refractivity contribution in [2.75, 3.05) is 19.5 Å². The number of anilines is 1. The van der Waals surface area contributed by atoms with Crippen molar-refractivity contribution in [1.29, 1.82) is 0 Å². The summed E-state index contributed by atoms with van der Waals surface area (Å²) in [6, 6.07) is 5.48. The minimum Gasteiger partial charge on any atom is -0.372 e. The first-order chi connectivity index (χ1) is 12.4. The number of rotatable bonds is 7. The van der Waals surface area contributed by atoms with Crippen molar-refractivity contribution in [2.45, 2.75) is 26.1 Å². The molecule has 0 aliphatic carbocycles. The number of hydrogen-bond acceptors (Lipinski definition) is 6. The molecule has 10 heteroatoms. The Morgan fingerprint density at radius 1 is 1.42 bits per heavy atom. The van der Waals surface area contributed by atoms with Crippen LogP contribution in [-0.4, -0.2) is 46.5 Å². The zero-order chi connectivity index (χ0) is 19.1. The quantitative estimate of drug-likeness (QED) is 0.765. The predicted molar refractivity (Wildman–Crippen MR) is 95.1 cm³/mol. The first-order valence-electron chi connectivity index (χ1n) is 7.78. The first-order valence-corrected chi connectivity index (χ1v) is 8.56. The molecule has 26 heavy (non-hydrogen) atoms. The molecule has 1 heterocycles. The zero-order valence-corrected chi connectivity index (χ0v) is 15.5. The molecule has 140 valence electrons. The number of carbonyl (C=O) groups excluding carboxylic acids is 2. The average Bonchev–Trinajstić information content (AvgIpc) is 3.05. The maximum atomic E-state index is 13.1. The molecule has 0 radical (unpaired) electrons. The van der Waals surface area contributed by atoms with Crippen molar-refractivity contribution in [3.05, 3.63) is 41.5 Å². The van der Waals surface area contributed by atoms with Crippen LogP contribution >= 0.6 is 11.5 Å². The van der Waals surface area contributed by atoms with Gasteiger partial charge in [0.2, 0.25) is 5.13 Å². The van der Waals surface area contributed by atoms with Crippen LogP contribution in [0, 0.1) is 5.82 Å². The van der Waals surface area contributed by atoms with Crippen LogP contribution in [0.3, 0.4) is 0 Å². The highest BCUT2D eigenvalue weighted by atomic mass is 32.1. The molecule has 1 aromatic carbocycles. The van der Waals surface area contributed by atoms with E-state index in [0.29, 0.717) is 16.5 Å². The number of aromatic nitrogens is 2. The van der Waals surface area contributed by atoms with Crippen LogP contribution in [-0.2, 0) is 22.6 Å². The summed E-state index contributed by atoms with van der Waals surface area (Å²) in [5.41, 5.74) is 0.644. The third kappa shape index (κ3) is 5.74. The van der Waals surface area contributed by atoms with Crippen molar-refractivity contribution in [2.24, 2.45) is 0 Å². The van der Waals surface area contributed by atoms with Crippen molar-refractivity contribution >= 4 is 28.6 Å². The molecule has 3 amide bonds. The Morgan fingerprint density at radius 2 is 2.19 bits per heavy atom. The number of hydrogen-bond donors (Lipinski definition) is 2. The molecule has 1 atom stereocenters. The lowest BCUT2D eigenvalue weighted by atomic mass is 10.2. The van der Waals surface area contributed by atoms with Gasteiger partial charge in [-0.15, -0.1) is 0 Å². The molecule has 0 fully saturated rings. The molecule has 0 bridgehead atoms. The van der Waals surface area contributed by atoms with Gasteiger partial charge in [-0.3, -0.25) is 10.1 Å².